The van der Waals surface area contributed by atoms with Crippen LogP contribution in [0.3, 0.4) is 0 Å². The van der Waals surface area contributed by atoms with Crippen LogP contribution in [0.1, 0.15) is 17.5 Å². The monoisotopic (exact) mass is 232 g/mol. The number of cyclic esters (lactones) is 2. The van der Waals surface area contributed by atoms with Crippen molar-refractivity contribution >= 4 is 18.0 Å². The van der Waals surface area contributed by atoms with Gasteiger partial charge in [-0.05, 0) is 17.5 Å². The molecule has 1 heterocycles. The minimum atomic E-state index is -1.22. The van der Waals surface area contributed by atoms with Gasteiger partial charge >= 0.3 is 11.9 Å². The highest BCUT2D eigenvalue weighted by molar-refractivity contribution is 5.95. The fourth-order valence-corrected chi connectivity index (χ4v) is 1.66. The molecule has 0 spiro atoms. The number of fused-ring (bicyclic) bond motifs is 1. The molecule has 0 saturated carbocycles. The van der Waals surface area contributed by atoms with E-state index in [0.29, 0.717) is 0 Å². The fourth-order valence-electron chi connectivity index (χ4n) is 1.66. The number of carbonyl (C=O) groups excluding carboxylic acids is 2. The van der Waals surface area contributed by atoms with Gasteiger partial charge in [-0.1, -0.05) is 36.4 Å². The standard InChI is InChI=1S/C9H8.C4H4O4/c1-2-5-9-7-3-6-8(9)4-1;5-2-1-3(6)8-4(2)7/h1-6H,7H2;2,5H,1H2. The number of ether oxygens (including phenoxy) is 1. The molecular formula is C13H12O4. The molecule has 4 nitrogen and oxygen atoms in total. The number of rotatable bonds is 0. The Hall–Kier alpha value is -1.94. The zero-order valence-corrected chi connectivity index (χ0v) is 9.13. The van der Waals surface area contributed by atoms with Crippen molar-refractivity contribution < 1.29 is 19.4 Å². The molecule has 1 aromatic rings. The third-order valence-electron chi connectivity index (χ3n) is 2.54. The van der Waals surface area contributed by atoms with Crippen LogP contribution in [0.15, 0.2) is 30.3 Å². The Bertz CT molecular complexity index is 476. The molecule has 1 fully saturated rings. The third kappa shape index (κ3) is 2.79. The lowest BCUT2D eigenvalue weighted by molar-refractivity contribution is -0.154. The van der Waals surface area contributed by atoms with E-state index >= 15 is 0 Å². The SMILES string of the molecule is C1=Cc2ccccc2C1.O=C1CC(O)C(=O)O1. The van der Waals surface area contributed by atoms with E-state index in [1.807, 2.05) is 0 Å². The average molecular weight is 232 g/mol. The van der Waals surface area contributed by atoms with Gasteiger partial charge in [0.05, 0.1) is 6.42 Å². The van der Waals surface area contributed by atoms with Gasteiger partial charge in [0.15, 0.2) is 6.10 Å². The Balaban J connectivity index is 0.000000128. The van der Waals surface area contributed by atoms with E-state index in [1.165, 1.54) is 11.1 Å². The number of hydrogen-bond acceptors (Lipinski definition) is 4. The topological polar surface area (TPSA) is 63.6 Å². The van der Waals surface area contributed by atoms with Crippen LogP contribution in [0.4, 0.5) is 0 Å². The number of carbonyl (C=O) groups is 2. The van der Waals surface area contributed by atoms with E-state index in [4.69, 9.17) is 5.11 Å². The summed E-state index contributed by atoms with van der Waals surface area (Å²) in [6.45, 7) is 0. The van der Waals surface area contributed by atoms with E-state index in [0.717, 1.165) is 6.42 Å². The van der Waals surface area contributed by atoms with Crippen LogP contribution in [-0.4, -0.2) is 23.1 Å². The predicted molar refractivity (Wildman–Crippen MR) is 60.9 cm³/mol. The van der Waals surface area contributed by atoms with E-state index in [1.54, 1.807) is 0 Å². The highest BCUT2D eigenvalue weighted by Gasteiger charge is 2.30. The van der Waals surface area contributed by atoms with Crippen LogP contribution in [0.25, 0.3) is 6.08 Å². The molecule has 4 heteroatoms. The molecular weight excluding hydrogens is 220 g/mol. The van der Waals surface area contributed by atoms with Crippen molar-refractivity contribution in [2.75, 3.05) is 0 Å². The van der Waals surface area contributed by atoms with Crippen molar-refractivity contribution in [2.24, 2.45) is 0 Å². The molecule has 0 amide bonds. The van der Waals surface area contributed by atoms with Crippen molar-refractivity contribution in [1.82, 2.24) is 0 Å². The first-order valence-corrected chi connectivity index (χ1v) is 5.34. The summed E-state index contributed by atoms with van der Waals surface area (Å²) < 4.78 is 3.95. The van der Waals surface area contributed by atoms with Crippen LogP contribution in [0.2, 0.25) is 0 Å². The Morgan fingerprint density at radius 1 is 1.24 bits per heavy atom. The van der Waals surface area contributed by atoms with Crippen LogP contribution in [-0.2, 0) is 20.7 Å². The normalized spacial score (nSPS) is 20.6. The van der Waals surface area contributed by atoms with Crippen LogP contribution >= 0.6 is 0 Å². The molecule has 1 aliphatic heterocycles. The zero-order valence-electron chi connectivity index (χ0n) is 9.13. The van der Waals surface area contributed by atoms with E-state index in [9.17, 15) is 9.59 Å². The third-order valence-corrected chi connectivity index (χ3v) is 2.54. The lowest BCUT2D eigenvalue weighted by Gasteiger charge is -1.93. The van der Waals surface area contributed by atoms with Crippen LogP contribution < -0.4 is 0 Å². The largest absolute Gasteiger partial charge is 0.391 e. The smallest absolute Gasteiger partial charge is 0.343 e. The molecule has 3 rings (SSSR count). The summed E-state index contributed by atoms with van der Waals surface area (Å²) in [5.74, 6) is -1.49. The molecule has 0 aromatic heterocycles. The average Bonchev–Trinajstić information content (AvgIpc) is 2.87. The number of aliphatic hydroxyl groups is 1. The first-order chi connectivity index (χ1) is 8.16. The number of benzene rings is 1. The molecule has 1 aromatic carbocycles. The predicted octanol–water partition coefficient (Wildman–Crippen LogP) is 1.08. The fraction of sp³-hybridized carbons (Fsp3) is 0.231. The maximum Gasteiger partial charge on any atom is 0.343 e. The second-order valence-electron chi connectivity index (χ2n) is 3.82. The lowest BCUT2D eigenvalue weighted by Crippen LogP contribution is -2.11. The summed E-state index contributed by atoms with van der Waals surface area (Å²) in [6, 6.07) is 8.49. The summed E-state index contributed by atoms with van der Waals surface area (Å²) >= 11 is 0. The highest BCUT2D eigenvalue weighted by Crippen LogP contribution is 2.17. The summed E-state index contributed by atoms with van der Waals surface area (Å²) in [7, 11) is 0. The Labute approximate surface area is 98.5 Å². The second-order valence-corrected chi connectivity index (χ2v) is 3.82. The molecule has 2 aliphatic rings. The summed E-state index contributed by atoms with van der Waals surface area (Å²) in [5.41, 5.74) is 2.84. The number of allylic oxidation sites excluding steroid dienone is 1. The lowest BCUT2D eigenvalue weighted by atomic mass is 10.1. The van der Waals surface area contributed by atoms with Gasteiger partial charge in [-0.15, -0.1) is 0 Å². The first-order valence-electron chi connectivity index (χ1n) is 5.34. The van der Waals surface area contributed by atoms with Gasteiger partial charge in [-0.3, -0.25) is 4.79 Å². The van der Waals surface area contributed by atoms with Gasteiger partial charge < -0.3 is 9.84 Å². The van der Waals surface area contributed by atoms with Gasteiger partial charge in [0, 0.05) is 0 Å². The maximum atomic E-state index is 10.1. The van der Waals surface area contributed by atoms with Gasteiger partial charge in [0.25, 0.3) is 0 Å². The highest BCUT2D eigenvalue weighted by atomic mass is 16.6. The van der Waals surface area contributed by atoms with Crippen molar-refractivity contribution in [2.45, 2.75) is 18.9 Å². The van der Waals surface area contributed by atoms with Gasteiger partial charge in [-0.25, -0.2) is 4.79 Å². The Morgan fingerprint density at radius 2 is 2.00 bits per heavy atom. The Kier molecular flexibility index (Phi) is 3.35. The first kappa shape index (κ1) is 11.5. The van der Waals surface area contributed by atoms with Crippen molar-refractivity contribution in [3.8, 4) is 0 Å². The molecule has 1 unspecified atom stereocenters. The van der Waals surface area contributed by atoms with E-state index in [-0.39, 0.29) is 6.42 Å². The quantitative estimate of drug-likeness (QED) is 0.537. The second kappa shape index (κ2) is 4.93. The minimum Gasteiger partial charge on any atom is -0.391 e. The van der Waals surface area contributed by atoms with Crippen molar-refractivity contribution in [3.63, 3.8) is 0 Å². The minimum absolute atomic E-state index is 0.196. The van der Waals surface area contributed by atoms with Gasteiger partial charge in [-0.2, -0.15) is 0 Å². The van der Waals surface area contributed by atoms with Crippen molar-refractivity contribution in [3.05, 3.63) is 41.5 Å². The Morgan fingerprint density at radius 3 is 2.53 bits per heavy atom. The molecule has 1 saturated heterocycles. The number of hydrogen-bond donors (Lipinski definition) is 1. The van der Waals surface area contributed by atoms with Gasteiger partial charge in [0.2, 0.25) is 0 Å². The summed E-state index contributed by atoms with van der Waals surface area (Å²) in [6.07, 6.45) is 4.08. The van der Waals surface area contributed by atoms with Gasteiger partial charge in [0.1, 0.15) is 0 Å². The van der Waals surface area contributed by atoms with Crippen molar-refractivity contribution in [1.29, 1.82) is 0 Å². The zero-order chi connectivity index (χ0) is 12.3. The molecule has 1 atom stereocenters. The van der Waals surface area contributed by atoms with Crippen LogP contribution in [0, 0.1) is 0 Å². The molecule has 1 N–H and O–H groups in total. The number of esters is 2. The molecule has 17 heavy (non-hydrogen) atoms. The van der Waals surface area contributed by atoms with Crippen LogP contribution in [0.5, 0.6) is 0 Å². The number of aliphatic hydroxyl groups excluding tert-OH is 1. The molecule has 1 aliphatic carbocycles. The summed E-state index contributed by atoms with van der Waals surface area (Å²) in [5, 5.41) is 8.47. The molecule has 88 valence electrons. The summed E-state index contributed by atoms with van der Waals surface area (Å²) in [4.78, 5) is 20.2. The van der Waals surface area contributed by atoms with E-state index < -0.39 is 18.0 Å². The molecule has 0 radical (unpaired) electrons. The molecule has 0 bridgehead atoms. The maximum absolute atomic E-state index is 10.1. The van der Waals surface area contributed by atoms with E-state index in [2.05, 4.69) is 41.2 Å².